The molecule has 1 rings (SSSR count). The van der Waals surface area contributed by atoms with Crippen LogP contribution in [0.4, 0.5) is 0 Å². The highest BCUT2D eigenvalue weighted by molar-refractivity contribution is 4.93. The molecule has 1 heteroatoms. The molecule has 1 aliphatic carbocycles. The Kier molecular flexibility index (Phi) is 2.94. The normalized spacial score (nSPS) is 31.1. The zero-order chi connectivity index (χ0) is 9.19. The first-order valence-corrected chi connectivity index (χ1v) is 4.88. The summed E-state index contributed by atoms with van der Waals surface area (Å²) in [5, 5.41) is 9.70. The van der Waals surface area contributed by atoms with E-state index in [1.807, 2.05) is 0 Å². The first-order valence-electron chi connectivity index (χ1n) is 4.88. The SMILES string of the molecule is C=CC(O)C1CCCCC1(C)C. The van der Waals surface area contributed by atoms with Crippen LogP contribution in [0.3, 0.4) is 0 Å². The molecule has 0 heterocycles. The molecule has 2 atom stereocenters. The summed E-state index contributed by atoms with van der Waals surface area (Å²) >= 11 is 0. The molecule has 1 saturated carbocycles. The minimum Gasteiger partial charge on any atom is -0.389 e. The molecule has 0 aromatic heterocycles. The second-order valence-electron chi connectivity index (χ2n) is 4.57. The van der Waals surface area contributed by atoms with Crippen LogP contribution >= 0.6 is 0 Å². The van der Waals surface area contributed by atoms with Gasteiger partial charge in [-0.1, -0.05) is 32.8 Å². The summed E-state index contributed by atoms with van der Waals surface area (Å²) in [5.41, 5.74) is 0.297. The van der Waals surface area contributed by atoms with Crippen molar-refractivity contribution in [2.45, 2.75) is 45.6 Å². The van der Waals surface area contributed by atoms with Gasteiger partial charge in [-0.15, -0.1) is 6.58 Å². The van der Waals surface area contributed by atoms with E-state index in [0.29, 0.717) is 11.3 Å². The molecule has 1 N–H and O–H groups in total. The maximum Gasteiger partial charge on any atom is 0.0751 e. The number of aliphatic hydroxyl groups is 1. The van der Waals surface area contributed by atoms with Gasteiger partial charge in [0.1, 0.15) is 0 Å². The van der Waals surface area contributed by atoms with Crippen LogP contribution in [0, 0.1) is 11.3 Å². The minimum absolute atomic E-state index is 0.297. The van der Waals surface area contributed by atoms with E-state index >= 15 is 0 Å². The lowest BCUT2D eigenvalue weighted by atomic mass is 9.66. The third-order valence-electron chi connectivity index (χ3n) is 3.24. The van der Waals surface area contributed by atoms with Crippen LogP contribution in [0.5, 0.6) is 0 Å². The fourth-order valence-electron chi connectivity index (χ4n) is 2.32. The first-order chi connectivity index (χ1) is 5.58. The Labute approximate surface area is 75.5 Å². The van der Waals surface area contributed by atoms with E-state index in [4.69, 9.17) is 0 Å². The Hall–Kier alpha value is -0.300. The van der Waals surface area contributed by atoms with Gasteiger partial charge >= 0.3 is 0 Å². The average molecular weight is 168 g/mol. The molecule has 2 unspecified atom stereocenters. The Morgan fingerprint density at radius 1 is 1.50 bits per heavy atom. The maximum absolute atomic E-state index is 9.70. The van der Waals surface area contributed by atoms with Crippen LogP contribution < -0.4 is 0 Å². The minimum atomic E-state index is -0.305. The second kappa shape index (κ2) is 3.61. The summed E-state index contributed by atoms with van der Waals surface area (Å²) in [4.78, 5) is 0. The highest BCUT2D eigenvalue weighted by atomic mass is 16.3. The van der Waals surface area contributed by atoms with E-state index in [-0.39, 0.29) is 6.10 Å². The van der Waals surface area contributed by atoms with E-state index < -0.39 is 0 Å². The lowest BCUT2D eigenvalue weighted by molar-refractivity contribution is 0.0324. The van der Waals surface area contributed by atoms with Crippen LogP contribution in [0.15, 0.2) is 12.7 Å². The van der Waals surface area contributed by atoms with Crippen LogP contribution in [0.2, 0.25) is 0 Å². The quantitative estimate of drug-likeness (QED) is 0.629. The van der Waals surface area contributed by atoms with Crippen molar-refractivity contribution in [1.29, 1.82) is 0 Å². The van der Waals surface area contributed by atoms with Gasteiger partial charge in [-0.05, 0) is 24.2 Å². The Bertz CT molecular complexity index is 160. The van der Waals surface area contributed by atoms with Crippen molar-refractivity contribution < 1.29 is 5.11 Å². The number of hydrogen-bond acceptors (Lipinski definition) is 1. The van der Waals surface area contributed by atoms with Crippen LogP contribution in [0.1, 0.15) is 39.5 Å². The molecular formula is C11H20O. The van der Waals surface area contributed by atoms with Gasteiger partial charge in [-0.3, -0.25) is 0 Å². The zero-order valence-electron chi connectivity index (χ0n) is 8.21. The van der Waals surface area contributed by atoms with Gasteiger partial charge in [0.25, 0.3) is 0 Å². The van der Waals surface area contributed by atoms with Gasteiger partial charge in [-0.25, -0.2) is 0 Å². The topological polar surface area (TPSA) is 20.2 Å². The Balaban J connectivity index is 2.65. The van der Waals surface area contributed by atoms with Crippen molar-refractivity contribution >= 4 is 0 Å². The molecule has 0 amide bonds. The van der Waals surface area contributed by atoms with E-state index in [1.54, 1.807) is 6.08 Å². The standard InChI is InChI=1S/C11H20O/c1-4-10(12)9-7-5-6-8-11(9,2)3/h4,9-10,12H,1,5-8H2,2-3H3. The van der Waals surface area contributed by atoms with Gasteiger partial charge in [0.2, 0.25) is 0 Å². The molecular weight excluding hydrogens is 148 g/mol. The molecule has 0 bridgehead atoms. The van der Waals surface area contributed by atoms with Crippen molar-refractivity contribution in [3.8, 4) is 0 Å². The third kappa shape index (κ3) is 1.89. The molecule has 1 nitrogen and oxygen atoms in total. The van der Waals surface area contributed by atoms with Crippen molar-refractivity contribution in [3.05, 3.63) is 12.7 Å². The van der Waals surface area contributed by atoms with Crippen molar-refractivity contribution in [1.82, 2.24) is 0 Å². The Morgan fingerprint density at radius 3 is 2.67 bits per heavy atom. The van der Waals surface area contributed by atoms with E-state index in [0.717, 1.165) is 6.42 Å². The lowest BCUT2D eigenvalue weighted by Crippen LogP contribution is -2.35. The number of hydrogen-bond donors (Lipinski definition) is 1. The molecule has 0 saturated heterocycles. The van der Waals surface area contributed by atoms with E-state index in [9.17, 15) is 5.11 Å². The van der Waals surface area contributed by atoms with Gasteiger partial charge in [0.05, 0.1) is 6.10 Å². The van der Waals surface area contributed by atoms with E-state index in [1.165, 1.54) is 19.3 Å². The molecule has 70 valence electrons. The molecule has 1 fully saturated rings. The van der Waals surface area contributed by atoms with Crippen LogP contribution in [0.25, 0.3) is 0 Å². The second-order valence-corrected chi connectivity index (χ2v) is 4.57. The van der Waals surface area contributed by atoms with Gasteiger partial charge < -0.3 is 5.11 Å². The molecule has 0 spiro atoms. The zero-order valence-corrected chi connectivity index (χ0v) is 8.21. The molecule has 12 heavy (non-hydrogen) atoms. The van der Waals surface area contributed by atoms with E-state index in [2.05, 4.69) is 20.4 Å². The number of aliphatic hydroxyl groups excluding tert-OH is 1. The Morgan fingerprint density at radius 2 is 2.17 bits per heavy atom. The summed E-state index contributed by atoms with van der Waals surface area (Å²) in [5.74, 6) is 0.420. The van der Waals surface area contributed by atoms with Crippen molar-refractivity contribution in [2.75, 3.05) is 0 Å². The monoisotopic (exact) mass is 168 g/mol. The highest BCUT2D eigenvalue weighted by Gasteiger charge is 2.35. The summed E-state index contributed by atoms with van der Waals surface area (Å²) in [6, 6.07) is 0. The molecule has 0 aromatic rings. The van der Waals surface area contributed by atoms with Crippen LogP contribution in [-0.4, -0.2) is 11.2 Å². The predicted octanol–water partition coefficient (Wildman–Crippen LogP) is 2.75. The summed E-state index contributed by atoms with van der Waals surface area (Å²) in [6.45, 7) is 8.16. The summed E-state index contributed by atoms with van der Waals surface area (Å²) in [7, 11) is 0. The van der Waals surface area contributed by atoms with Gasteiger partial charge in [0, 0.05) is 0 Å². The smallest absolute Gasteiger partial charge is 0.0751 e. The number of rotatable bonds is 2. The predicted molar refractivity (Wildman–Crippen MR) is 51.9 cm³/mol. The highest BCUT2D eigenvalue weighted by Crippen LogP contribution is 2.42. The molecule has 0 aliphatic heterocycles. The van der Waals surface area contributed by atoms with Crippen LogP contribution in [-0.2, 0) is 0 Å². The average Bonchev–Trinajstić information content (AvgIpc) is 2.02. The first kappa shape index (κ1) is 9.79. The summed E-state index contributed by atoms with van der Waals surface area (Å²) in [6.07, 6.45) is 6.34. The van der Waals surface area contributed by atoms with Crippen molar-refractivity contribution in [2.24, 2.45) is 11.3 Å². The molecule has 1 aliphatic rings. The largest absolute Gasteiger partial charge is 0.389 e. The third-order valence-corrected chi connectivity index (χ3v) is 3.24. The molecule has 0 radical (unpaired) electrons. The van der Waals surface area contributed by atoms with Crippen molar-refractivity contribution in [3.63, 3.8) is 0 Å². The van der Waals surface area contributed by atoms with Gasteiger partial charge in [0.15, 0.2) is 0 Å². The fourth-order valence-corrected chi connectivity index (χ4v) is 2.32. The van der Waals surface area contributed by atoms with Gasteiger partial charge in [-0.2, -0.15) is 0 Å². The fraction of sp³-hybridized carbons (Fsp3) is 0.818. The lowest BCUT2D eigenvalue weighted by Gasteiger charge is -2.40. The maximum atomic E-state index is 9.70. The summed E-state index contributed by atoms with van der Waals surface area (Å²) < 4.78 is 0. The molecule has 0 aromatic carbocycles.